The van der Waals surface area contributed by atoms with Crippen molar-refractivity contribution >= 4 is 23.1 Å². The Morgan fingerprint density at radius 1 is 0.765 bits per heavy atom. The summed E-state index contributed by atoms with van der Waals surface area (Å²) in [5, 5.41) is 16.2. The van der Waals surface area contributed by atoms with Gasteiger partial charge in [-0.3, -0.25) is 5.41 Å². The van der Waals surface area contributed by atoms with Gasteiger partial charge in [-0.05, 0) is 43.5 Å². The van der Waals surface area contributed by atoms with Gasteiger partial charge in [0.1, 0.15) is 16.5 Å². The summed E-state index contributed by atoms with van der Waals surface area (Å²) >= 11 is 6.38. The van der Waals surface area contributed by atoms with Gasteiger partial charge in [-0.15, -0.1) is 0 Å². The second-order valence-corrected chi connectivity index (χ2v) is 9.66. The van der Waals surface area contributed by atoms with Gasteiger partial charge in [-0.1, -0.05) is 103 Å². The van der Waals surface area contributed by atoms with E-state index >= 15 is 0 Å². The van der Waals surface area contributed by atoms with E-state index in [9.17, 15) is 0 Å². The fourth-order valence-electron chi connectivity index (χ4n) is 4.16. The Kier molecular flexibility index (Phi) is 6.71. The molecule has 1 aromatic heterocycles. The second-order valence-electron chi connectivity index (χ2n) is 9.28. The average Bonchev–Trinajstić information content (AvgIpc) is 2.83. The van der Waals surface area contributed by atoms with Crippen molar-refractivity contribution < 1.29 is 0 Å². The third-order valence-electron chi connectivity index (χ3n) is 5.58. The maximum Gasteiger partial charge on any atom is 0.131 e. The first-order chi connectivity index (χ1) is 16.3. The van der Waals surface area contributed by atoms with E-state index in [4.69, 9.17) is 17.0 Å². The normalized spacial score (nSPS) is 11.6. The number of pyridine rings is 1. The van der Waals surface area contributed by atoms with Gasteiger partial charge in [0.25, 0.3) is 0 Å². The van der Waals surface area contributed by atoms with Crippen molar-refractivity contribution in [3.63, 3.8) is 0 Å². The van der Waals surface area contributed by atoms with Gasteiger partial charge in [-0.25, -0.2) is 4.98 Å². The van der Waals surface area contributed by atoms with Crippen LogP contribution < -0.4 is 10.6 Å². The van der Waals surface area contributed by atoms with E-state index in [1.807, 2.05) is 75.4 Å². The van der Waals surface area contributed by atoms with E-state index in [2.05, 4.69) is 52.0 Å². The van der Waals surface area contributed by atoms with Gasteiger partial charge >= 0.3 is 0 Å². The molecule has 4 nitrogen and oxygen atoms in total. The van der Waals surface area contributed by atoms with E-state index < -0.39 is 5.54 Å². The highest BCUT2D eigenvalue weighted by Gasteiger charge is 2.37. The Balaban J connectivity index is 1.97. The Hall–Kier alpha value is -3.63. The lowest BCUT2D eigenvalue weighted by molar-refractivity contribution is 0.510. The van der Waals surface area contributed by atoms with Crippen LogP contribution >= 0.6 is 11.6 Å². The number of aromatic nitrogens is 1. The van der Waals surface area contributed by atoms with Gasteiger partial charge in [0.2, 0.25) is 0 Å². The summed E-state index contributed by atoms with van der Waals surface area (Å²) in [6, 6.07) is 32.8. The topological polar surface area (TPSA) is 60.8 Å². The fourth-order valence-corrected chi connectivity index (χ4v) is 4.32. The summed E-state index contributed by atoms with van der Waals surface area (Å²) in [4.78, 5) is 4.28. The molecule has 4 rings (SSSR count). The molecular formula is C29H29ClN4. The van der Waals surface area contributed by atoms with Gasteiger partial charge in [0, 0.05) is 11.7 Å². The summed E-state index contributed by atoms with van der Waals surface area (Å²) in [6.07, 6.45) is 1.65. The predicted octanol–water partition coefficient (Wildman–Crippen LogP) is 6.85. The molecule has 0 spiro atoms. The number of rotatable bonds is 6. The first-order valence-electron chi connectivity index (χ1n) is 11.3. The SMILES string of the molecule is CC(C)(C)NC(=N)c1cnc(Cl)cc1NC(c1ccccc1)(c1ccccc1)c1ccccc1. The molecule has 1 heterocycles. The van der Waals surface area contributed by atoms with Crippen molar-refractivity contribution in [2.45, 2.75) is 31.8 Å². The van der Waals surface area contributed by atoms with Crippen LogP contribution in [0.2, 0.25) is 5.15 Å². The van der Waals surface area contributed by atoms with E-state index in [1.165, 1.54) is 0 Å². The van der Waals surface area contributed by atoms with Crippen molar-refractivity contribution in [1.29, 1.82) is 5.41 Å². The molecule has 34 heavy (non-hydrogen) atoms. The number of hydrogen-bond acceptors (Lipinski definition) is 3. The van der Waals surface area contributed by atoms with Crippen molar-refractivity contribution in [2.75, 3.05) is 5.32 Å². The molecule has 5 heteroatoms. The van der Waals surface area contributed by atoms with Gasteiger partial charge in [-0.2, -0.15) is 0 Å². The molecule has 3 aromatic carbocycles. The van der Waals surface area contributed by atoms with E-state index in [0.717, 1.165) is 22.4 Å². The Morgan fingerprint density at radius 2 is 1.21 bits per heavy atom. The maximum absolute atomic E-state index is 8.78. The van der Waals surface area contributed by atoms with Crippen LogP contribution in [-0.2, 0) is 5.54 Å². The summed E-state index contributed by atoms with van der Waals surface area (Å²) in [5.41, 5.74) is 3.57. The molecule has 0 aliphatic carbocycles. The molecule has 3 N–H and O–H groups in total. The molecule has 0 bridgehead atoms. The predicted molar refractivity (Wildman–Crippen MR) is 142 cm³/mol. The maximum atomic E-state index is 8.78. The fraction of sp³-hybridized carbons (Fsp3) is 0.172. The van der Waals surface area contributed by atoms with Crippen LogP contribution in [0.4, 0.5) is 5.69 Å². The smallest absolute Gasteiger partial charge is 0.131 e. The molecule has 0 unspecified atom stereocenters. The van der Waals surface area contributed by atoms with E-state index in [1.54, 1.807) is 12.3 Å². The summed E-state index contributed by atoms with van der Waals surface area (Å²) < 4.78 is 0. The Labute approximate surface area is 206 Å². The zero-order valence-corrected chi connectivity index (χ0v) is 20.4. The Bertz CT molecular complexity index is 1150. The van der Waals surface area contributed by atoms with Crippen LogP contribution in [0.25, 0.3) is 0 Å². The third-order valence-corrected chi connectivity index (χ3v) is 5.79. The molecule has 0 saturated carbocycles. The zero-order valence-electron chi connectivity index (χ0n) is 19.6. The minimum Gasteiger partial charge on any atom is -0.367 e. The van der Waals surface area contributed by atoms with E-state index in [0.29, 0.717) is 10.7 Å². The summed E-state index contributed by atoms with van der Waals surface area (Å²) in [7, 11) is 0. The molecule has 172 valence electrons. The highest BCUT2D eigenvalue weighted by molar-refractivity contribution is 6.29. The van der Waals surface area contributed by atoms with Crippen LogP contribution in [0.3, 0.4) is 0 Å². The Morgan fingerprint density at radius 3 is 1.62 bits per heavy atom. The van der Waals surface area contributed by atoms with Gasteiger partial charge < -0.3 is 10.6 Å². The number of nitrogens with one attached hydrogen (secondary N) is 3. The quantitative estimate of drug-likeness (QED) is 0.125. The van der Waals surface area contributed by atoms with Crippen LogP contribution in [-0.4, -0.2) is 16.4 Å². The van der Waals surface area contributed by atoms with Gasteiger partial charge in [0.15, 0.2) is 0 Å². The van der Waals surface area contributed by atoms with Crippen LogP contribution in [0.5, 0.6) is 0 Å². The standard InChI is InChI=1S/C29H29ClN4/c1-28(2,3)34-27(31)24-20-32-26(30)19-25(24)33-29(21-13-7-4-8-14-21,22-15-9-5-10-16-22)23-17-11-6-12-18-23/h4-20H,1-3H3,(H2,31,34)(H,32,33). The highest BCUT2D eigenvalue weighted by atomic mass is 35.5. The number of hydrogen-bond donors (Lipinski definition) is 3. The average molecular weight is 469 g/mol. The third kappa shape index (κ3) is 4.97. The molecule has 0 aliphatic rings. The van der Waals surface area contributed by atoms with E-state index in [-0.39, 0.29) is 11.4 Å². The molecule has 4 aromatic rings. The van der Waals surface area contributed by atoms with Crippen molar-refractivity contribution in [3.8, 4) is 0 Å². The number of anilines is 1. The molecule has 0 radical (unpaired) electrons. The summed E-state index contributed by atoms with van der Waals surface area (Å²) in [5.74, 6) is 0.280. The van der Waals surface area contributed by atoms with Crippen molar-refractivity contribution in [2.24, 2.45) is 0 Å². The largest absolute Gasteiger partial charge is 0.367 e. The number of amidine groups is 1. The molecule has 0 saturated heterocycles. The number of nitrogens with zero attached hydrogens (tertiary/aromatic N) is 1. The molecule has 0 aliphatic heterocycles. The number of halogens is 1. The molecule has 0 fully saturated rings. The zero-order chi connectivity index (χ0) is 24.2. The molecular weight excluding hydrogens is 440 g/mol. The van der Waals surface area contributed by atoms with Crippen molar-refractivity contribution in [1.82, 2.24) is 10.3 Å². The van der Waals surface area contributed by atoms with Crippen molar-refractivity contribution in [3.05, 3.63) is 131 Å². The minimum absolute atomic E-state index is 0.274. The first kappa shape index (κ1) is 23.5. The minimum atomic E-state index is -0.731. The lowest BCUT2D eigenvalue weighted by Gasteiger charge is -2.38. The molecule has 0 atom stereocenters. The number of benzene rings is 3. The molecule has 0 amide bonds. The highest BCUT2D eigenvalue weighted by Crippen LogP contribution is 2.41. The first-order valence-corrected chi connectivity index (χ1v) is 11.6. The van der Waals surface area contributed by atoms with Crippen LogP contribution in [0, 0.1) is 5.41 Å². The lowest BCUT2D eigenvalue weighted by Crippen LogP contribution is -2.42. The van der Waals surface area contributed by atoms with Gasteiger partial charge in [0.05, 0.1) is 11.3 Å². The monoisotopic (exact) mass is 468 g/mol. The van der Waals surface area contributed by atoms with Crippen LogP contribution in [0.15, 0.2) is 103 Å². The second kappa shape index (κ2) is 9.70. The lowest BCUT2D eigenvalue weighted by atomic mass is 9.76. The van der Waals surface area contributed by atoms with Crippen LogP contribution in [0.1, 0.15) is 43.0 Å². The summed E-state index contributed by atoms with van der Waals surface area (Å²) in [6.45, 7) is 6.08.